The number of hydrogen-bond donors (Lipinski definition) is 1. The normalized spacial score (nSPS) is 11.2. The second-order valence-corrected chi connectivity index (χ2v) is 7.59. The van der Waals surface area contributed by atoms with Gasteiger partial charge in [0.2, 0.25) is 6.79 Å². The van der Waals surface area contributed by atoms with Crippen LogP contribution in [-0.4, -0.2) is 46.5 Å². The topological polar surface area (TPSA) is 109 Å². The fraction of sp³-hybridized carbons (Fsp3) is 0.364. The van der Waals surface area contributed by atoms with E-state index < -0.39 is 30.4 Å². The van der Waals surface area contributed by atoms with Crippen LogP contribution in [-0.2, 0) is 30.3 Å². The standard InChI is InChI=1S/C22H27N3O6/c1-22(2,3)31-21(28)24-11-10-20(27)30-16-29-19(26)9-8-17-4-6-18(7-5-17)14-25-13-12-23-15-25/h4-9,12-13,15H,10-11,14,16H2,1-3H3,(H,24,28)/b9-8+. The van der Waals surface area contributed by atoms with E-state index in [2.05, 4.69) is 10.3 Å². The molecule has 1 aromatic carbocycles. The Morgan fingerprint density at radius 2 is 1.87 bits per heavy atom. The zero-order valence-corrected chi connectivity index (χ0v) is 17.9. The summed E-state index contributed by atoms with van der Waals surface area (Å²) in [7, 11) is 0. The Labute approximate surface area is 181 Å². The molecule has 0 aliphatic heterocycles. The lowest BCUT2D eigenvalue weighted by atomic mass is 10.1. The van der Waals surface area contributed by atoms with Crippen LogP contribution in [0.3, 0.4) is 0 Å². The second kappa shape index (κ2) is 11.5. The molecule has 2 rings (SSSR count). The second-order valence-electron chi connectivity index (χ2n) is 7.59. The van der Waals surface area contributed by atoms with Crippen molar-refractivity contribution in [1.29, 1.82) is 0 Å². The molecule has 1 amide bonds. The average molecular weight is 429 g/mol. The molecule has 0 spiro atoms. The van der Waals surface area contributed by atoms with E-state index in [-0.39, 0.29) is 13.0 Å². The summed E-state index contributed by atoms with van der Waals surface area (Å²) < 4.78 is 16.6. The SMILES string of the molecule is CC(C)(C)OC(=O)NCCC(=O)OCOC(=O)/C=C/c1ccc(Cn2ccnc2)cc1. The van der Waals surface area contributed by atoms with E-state index in [9.17, 15) is 14.4 Å². The Bertz CT molecular complexity index is 883. The van der Waals surface area contributed by atoms with E-state index in [1.54, 1.807) is 39.4 Å². The zero-order valence-electron chi connectivity index (χ0n) is 17.9. The number of esters is 2. The number of benzene rings is 1. The molecule has 1 heterocycles. The molecule has 1 N–H and O–H groups in total. The van der Waals surface area contributed by atoms with Gasteiger partial charge in [-0.2, -0.15) is 0 Å². The van der Waals surface area contributed by atoms with E-state index in [1.807, 2.05) is 35.0 Å². The van der Waals surface area contributed by atoms with E-state index >= 15 is 0 Å². The van der Waals surface area contributed by atoms with Crippen LogP contribution >= 0.6 is 0 Å². The van der Waals surface area contributed by atoms with Crippen molar-refractivity contribution in [1.82, 2.24) is 14.9 Å². The molecule has 0 aliphatic carbocycles. The summed E-state index contributed by atoms with van der Waals surface area (Å²) in [5.74, 6) is -1.25. The maximum atomic E-state index is 11.7. The van der Waals surface area contributed by atoms with Crippen LogP contribution in [0.5, 0.6) is 0 Å². The number of nitrogens with one attached hydrogen (secondary N) is 1. The number of imidazole rings is 1. The molecule has 0 bridgehead atoms. The van der Waals surface area contributed by atoms with Crippen LogP contribution in [0.15, 0.2) is 49.1 Å². The van der Waals surface area contributed by atoms with Crippen LogP contribution < -0.4 is 5.32 Å². The molecular weight excluding hydrogens is 402 g/mol. The molecule has 9 heteroatoms. The minimum Gasteiger partial charge on any atom is -0.444 e. The molecule has 31 heavy (non-hydrogen) atoms. The number of nitrogens with zero attached hydrogens (tertiary/aromatic N) is 2. The minimum atomic E-state index is -0.637. The molecule has 0 radical (unpaired) electrons. The number of alkyl carbamates (subject to hydrolysis) is 1. The number of hydrogen-bond acceptors (Lipinski definition) is 7. The van der Waals surface area contributed by atoms with Gasteiger partial charge in [0.25, 0.3) is 0 Å². The van der Waals surface area contributed by atoms with Crippen molar-refractivity contribution in [2.75, 3.05) is 13.3 Å². The minimum absolute atomic E-state index is 0.0540. The Balaban J connectivity index is 1.62. The Hall–Kier alpha value is -3.62. The summed E-state index contributed by atoms with van der Waals surface area (Å²) in [5.41, 5.74) is 1.32. The summed E-state index contributed by atoms with van der Waals surface area (Å²) in [6.07, 6.45) is 7.52. The molecule has 0 fully saturated rings. The van der Waals surface area contributed by atoms with Gasteiger partial charge in [-0.05, 0) is 38.0 Å². The quantitative estimate of drug-likeness (QED) is 0.371. The lowest BCUT2D eigenvalue weighted by Gasteiger charge is -2.19. The van der Waals surface area contributed by atoms with E-state index in [0.29, 0.717) is 6.54 Å². The highest BCUT2D eigenvalue weighted by Gasteiger charge is 2.16. The van der Waals surface area contributed by atoms with Crippen LogP contribution in [0.4, 0.5) is 4.79 Å². The monoisotopic (exact) mass is 429 g/mol. The summed E-state index contributed by atoms with van der Waals surface area (Å²) in [4.78, 5) is 38.8. The lowest BCUT2D eigenvalue weighted by Crippen LogP contribution is -2.33. The Morgan fingerprint density at radius 1 is 1.13 bits per heavy atom. The van der Waals surface area contributed by atoms with Gasteiger partial charge in [-0.3, -0.25) is 4.79 Å². The number of ether oxygens (including phenoxy) is 3. The van der Waals surface area contributed by atoms with Gasteiger partial charge in [0, 0.05) is 31.6 Å². The fourth-order valence-corrected chi connectivity index (χ4v) is 2.34. The summed E-state index contributed by atoms with van der Waals surface area (Å²) in [5, 5.41) is 2.44. The van der Waals surface area contributed by atoms with Crippen molar-refractivity contribution in [3.05, 3.63) is 60.2 Å². The van der Waals surface area contributed by atoms with Gasteiger partial charge < -0.3 is 24.1 Å². The lowest BCUT2D eigenvalue weighted by molar-refractivity contribution is -0.163. The third-order valence-electron chi connectivity index (χ3n) is 3.73. The van der Waals surface area contributed by atoms with E-state index in [4.69, 9.17) is 14.2 Å². The van der Waals surface area contributed by atoms with Crippen molar-refractivity contribution in [2.24, 2.45) is 0 Å². The van der Waals surface area contributed by atoms with Crippen LogP contribution in [0, 0.1) is 0 Å². The highest BCUT2D eigenvalue weighted by atomic mass is 16.7. The van der Waals surface area contributed by atoms with Gasteiger partial charge in [0.1, 0.15) is 5.60 Å². The van der Waals surface area contributed by atoms with Crippen molar-refractivity contribution in [3.8, 4) is 0 Å². The summed E-state index contributed by atoms with van der Waals surface area (Å²) in [6.45, 7) is 5.48. The van der Waals surface area contributed by atoms with E-state index in [0.717, 1.165) is 11.1 Å². The van der Waals surface area contributed by atoms with Gasteiger partial charge in [-0.15, -0.1) is 0 Å². The third kappa shape index (κ3) is 10.1. The first-order valence-electron chi connectivity index (χ1n) is 9.73. The van der Waals surface area contributed by atoms with Crippen molar-refractivity contribution < 1.29 is 28.6 Å². The molecule has 9 nitrogen and oxygen atoms in total. The first kappa shape index (κ1) is 23.7. The van der Waals surface area contributed by atoms with E-state index in [1.165, 1.54) is 6.08 Å². The number of carbonyl (C=O) groups excluding carboxylic acids is 3. The van der Waals surface area contributed by atoms with Crippen molar-refractivity contribution in [2.45, 2.75) is 39.3 Å². The van der Waals surface area contributed by atoms with Crippen LogP contribution in [0.2, 0.25) is 0 Å². The predicted octanol–water partition coefficient (Wildman–Crippen LogP) is 2.90. The first-order chi connectivity index (χ1) is 14.7. The maximum absolute atomic E-state index is 11.7. The Kier molecular flexibility index (Phi) is 8.80. The van der Waals surface area contributed by atoms with Gasteiger partial charge in [-0.25, -0.2) is 14.6 Å². The maximum Gasteiger partial charge on any atom is 0.407 e. The molecule has 0 aliphatic rings. The van der Waals surface area contributed by atoms with Crippen molar-refractivity contribution in [3.63, 3.8) is 0 Å². The Morgan fingerprint density at radius 3 is 2.52 bits per heavy atom. The molecule has 2 aromatic rings. The van der Waals surface area contributed by atoms with Crippen molar-refractivity contribution >= 4 is 24.1 Å². The molecule has 166 valence electrons. The smallest absolute Gasteiger partial charge is 0.407 e. The predicted molar refractivity (Wildman–Crippen MR) is 113 cm³/mol. The molecule has 1 aromatic heterocycles. The van der Waals surface area contributed by atoms with Crippen LogP contribution in [0.25, 0.3) is 6.08 Å². The fourth-order valence-electron chi connectivity index (χ4n) is 2.34. The largest absolute Gasteiger partial charge is 0.444 e. The van der Waals surface area contributed by atoms with Crippen LogP contribution in [0.1, 0.15) is 38.3 Å². The van der Waals surface area contributed by atoms with Gasteiger partial charge >= 0.3 is 18.0 Å². The third-order valence-corrected chi connectivity index (χ3v) is 3.73. The molecule has 0 atom stereocenters. The van der Waals surface area contributed by atoms with Gasteiger partial charge in [0.05, 0.1) is 12.7 Å². The first-order valence-corrected chi connectivity index (χ1v) is 9.73. The molecular formula is C22H27N3O6. The molecule has 0 unspecified atom stereocenters. The van der Waals surface area contributed by atoms with Gasteiger partial charge in [-0.1, -0.05) is 24.3 Å². The van der Waals surface area contributed by atoms with Gasteiger partial charge in [0.15, 0.2) is 0 Å². The summed E-state index contributed by atoms with van der Waals surface area (Å²) in [6, 6.07) is 7.68. The number of carbonyl (C=O) groups is 3. The number of amides is 1. The summed E-state index contributed by atoms with van der Waals surface area (Å²) >= 11 is 0. The average Bonchev–Trinajstić information content (AvgIpc) is 3.19. The molecule has 0 saturated heterocycles. The zero-order chi connectivity index (χ0) is 22.7. The number of rotatable bonds is 9. The highest BCUT2D eigenvalue weighted by Crippen LogP contribution is 2.08. The highest BCUT2D eigenvalue weighted by molar-refractivity contribution is 5.87. The molecule has 0 saturated carbocycles. The number of aromatic nitrogens is 2.